The molecule has 0 aromatic rings. The second kappa shape index (κ2) is 6.21. The standard InChI is InChI=1S/C8H16F3NO/c1-7(3-6-13)12-5-2-4-8(9,10)11/h7,12-13H,2-6H2,1H3. The molecule has 2 nitrogen and oxygen atoms in total. The quantitative estimate of drug-likeness (QED) is 0.638. The summed E-state index contributed by atoms with van der Waals surface area (Å²) in [6.07, 6.45) is -4.13. The van der Waals surface area contributed by atoms with Crippen molar-refractivity contribution < 1.29 is 18.3 Å². The highest BCUT2D eigenvalue weighted by Gasteiger charge is 2.25. The van der Waals surface area contributed by atoms with Gasteiger partial charge in [0.25, 0.3) is 0 Å². The molecule has 0 aromatic carbocycles. The maximum atomic E-state index is 11.7. The van der Waals surface area contributed by atoms with Crippen molar-refractivity contribution in [2.45, 2.75) is 38.4 Å². The summed E-state index contributed by atoms with van der Waals surface area (Å²) >= 11 is 0. The Bertz CT molecular complexity index is 127. The van der Waals surface area contributed by atoms with E-state index >= 15 is 0 Å². The van der Waals surface area contributed by atoms with Crippen molar-refractivity contribution in [3.8, 4) is 0 Å². The molecule has 0 rings (SSSR count). The van der Waals surface area contributed by atoms with Crippen molar-refractivity contribution in [2.75, 3.05) is 13.2 Å². The summed E-state index contributed by atoms with van der Waals surface area (Å²) in [5.41, 5.74) is 0. The predicted molar refractivity (Wildman–Crippen MR) is 44.5 cm³/mol. The van der Waals surface area contributed by atoms with Crippen LogP contribution in [0.1, 0.15) is 26.2 Å². The zero-order valence-corrected chi connectivity index (χ0v) is 7.69. The minimum atomic E-state index is -4.05. The number of halogens is 3. The molecule has 0 aromatic heterocycles. The number of nitrogens with one attached hydrogen (secondary N) is 1. The summed E-state index contributed by atoms with van der Waals surface area (Å²) in [6, 6.07) is 0.0817. The van der Waals surface area contributed by atoms with E-state index in [0.717, 1.165) is 0 Å². The normalized spacial score (nSPS) is 14.5. The van der Waals surface area contributed by atoms with Crippen LogP contribution in [0.3, 0.4) is 0 Å². The first-order valence-corrected chi connectivity index (χ1v) is 4.36. The number of rotatable bonds is 6. The molecule has 0 saturated heterocycles. The highest BCUT2D eigenvalue weighted by atomic mass is 19.4. The Morgan fingerprint density at radius 2 is 2.00 bits per heavy atom. The SMILES string of the molecule is CC(CCO)NCCCC(F)(F)F. The van der Waals surface area contributed by atoms with Crippen LogP contribution in [0.25, 0.3) is 0 Å². The molecule has 0 aliphatic carbocycles. The number of aliphatic hydroxyl groups excluding tert-OH is 1. The maximum Gasteiger partial charge on any atom is 0.389 e. The van der Waals surface area contributed by atoms with Crippen LogP contribution in [0.4, 0.5) is 13.2 Å². The Hall–Kier alpha value is -0.290. The van der Waals surface area contributed by atoms with Crippen molar-refractivity contribution in [1.82, 2.24) is 5.32 Å². The monoisotopic (exact) mass is 199 g/mol. The van der Waals surface area contributed by atoms with Gasteiger partial charge >= 0.3 is 6.18 Å². The zero-order chi connectivity index (χ0) is 10.3. The molecule has 0 saturated carbocycles. The third-order valence-electron chi connectivity index (χ3n) is 1.69. The molecule has 0 heterocycles. The highest BCUT2D eigenvalue weighted by Crippen LogP contribution is 2.20. The van der Waals surface area contributed by atoms with Crippen molar-refractivity contribution in [2.24, 2.45) is 0 Å². The Balaban J connectivity index is 3.25. The first-order valence-electron chi connectivity index (χ1n) is 4.36. The van der Waals surface area contributed by atoms with Crippen LogP contribution in [-0.2, 0) is 0 Å². The summed E-state index contributed by atoms with van der Waals surface area (Å²) in [4.78, 5) is 0. The van der Waals surface area contributed by atoms with E-state index in [4.69, 9.17) is 5.11 Å². The largest absolute Gasteiger partial charge is 0.396 e. The van der Waals surface area contributed by atoms with Gasteiger partial charge in [0.05, 0.1) is 0 Å². The predicted octanol–water partition coefficient (Wildman–Crippen LogP) is 1.69. The highest BCUT2D eigenvalue weighted by molar-refractivity contribution is 4.60. The fourth-order valence-electron chi connectivity index (χ4n) is 0.933. The van der Waals surface area contributed by atoms with Crippen LogP contribution >= 0.6 is 0 Å². The number of hydrogen-bond donors (Lipinski definition) is 2. The molecule has 5 heteroatoms. The van der Waals surface area contributed by atoms with Gasteiger partial charge in [-0.3, -0.25) is 0 Å². The van der Waals surface area contributed by atoms with E-state index in [1.807, 2.05) is 6.92 Å². The van der Waals surface area contributed by atoms with Crippen molar-refractivity contribution in [1.29, 1.82) is 0 Å². The smallest absolute Gasteiger partial charge is 0.389 e. The van der Waals surface area contributed by atoms with E-state index < -0.39 is 12.6 Å². The molecule has 0 aliphatic rings. The first kappa shape index (κ1) is 12.7. The van der Waals surface area contributed by atoms with Crippen LogP contribution in [0.2, 0.25) is 0 Å². The van der Waals surface area contributed by atoms with Gasteiger partial charge < -0.3 is 10.4 Å². The van der Waals surface area contributed by atoms with Crippen LogP contribution in [0.15, 0.2) is 0 Å². The van der Waals surface area contributed by atoms with E-state index in [2.05, 4.69) is 5.32 Å². The summed E-state index contributed by atoms with van der Waals surface area (Å²) in [5, 5.41) is 11.4. The first-order chi connectivity index (χ1) is 5.95. The van der Waals surface area contributed by atoms with Gasteiger partial charge in [-0.25, -0.2) is 0 Å². The van der Waals surface area contributed by atoms with E-state index in [-0.39, 0.29) is 19.1 Å². The Kier molecular flexibility index (Phi) is 6.07. The molecular weight excluding hydrogens is 183 g/mol. The number of hydrogen-bond acceptors (Lipinski definition) is 2. The molecule has 0 spiro atoms. The Labute approximate surface area is 76.1 Å². The second-order valence-electron chi connectivity index (χ2n) is 3.09. The van der Waals surface area contributed by atoms with E-state index in [1.165, 1.54) is 0 Å². The van der Waals surface area contributed by atoms with Crippen LogP contribution < -0.4 is 5.32 Å². The molecule has 80 valence electrons. The molecule has 0 amide bonds. The third kappa shape index (κ3) is 9.63. The molecule has 2 N–H and O–H groups in total. The zero-order valence-electron chi connectivity index (χ0n) is 7.69. The van der Waals surface area contributed by atoms with Gasteiger partial charge in [0.1, 0.15) is 0 Å². The van der Waals surface area contributed by atoms with Gasteiger partial charge in [0, 0.05) is 19.1 Å². The van der Waals surface area contributed by atoms with Crippen LogP contribution in [-0.4, -0.2) is 30.5 Å². The average molecular weight is 199 g/mol. The lowest BCUT2D eigenvalue weighted by molar-refractivity contribution is -0.135. The lowest BCUT2D eigenvalue weighted by Crippen LogP contribution is -2.28. The molecule has 13 heavy (non-hydrogen) atoms. The molecule has 1 unspecified atom stereocenters. The Morgan fingerprint density at radius 3 is 2.46 bits per heavy atom. The van der Waals surface area contributed by atoms with Gasteiger partial charge in [0.2, 0.25) is 0 Å². The lowest BCUT2D eigenvalue weighted by Gasteiger charge is -2.12. The number of alkyl halides is 3. The van der Waals surface area contributed by atoms with Gasteiger partial charge in [-0.05, 0) is 26.3 Å². The molecule has 0 fully saturated rings. The molecule has 0 aliphatic heterocycles. The molecular formula is C8H16F3NO. The minimum absolute atomic E-state index is 0.0629. The van der Waals surface area contributed by atoms with Gasteiger partial charge in [-0.2, -0.15) is 13.2 Å². The van der Waals surface area contributed by atoms with Crippen LogP contribution in [0.5, 0.6) is 0 Å². The summed E-state index contributed by atoms with van der Waals surface area (Å²) in [6.45, 7) is 2.25. The van der Waals surface area contributed by atoms with Gasteiger partial charge in [-0.15, -0.1) is 0 Å². The van der Waals surface area contributed by atoms with Crippen molar-refractivity contribution in [3.63, 3.8) is 0 Å². The van der Waals surface area contributed by atoms with Crippen LogP contribution in [0, 0.1) is 0 Å². The summed E-state index contributed by atoms with van der Waals surface area (Å²) in [7, 11) is 0. The average Bonchev–Trinajstić information content (AvgIpc) is 1.97. The van der Waals surface area contributed by atoms with Gasteiger partial charge in [0.15, 0.2) is 0 Å². The van der Waals surface area contributed by atoms with Gasteiger partial charge in [-0.1, -0.05) is 0 Å². The third-order valence-corrected chi connectivity index (χ3v) is 1.69. The van der Waals surface area contributed by atoms with E-state index in [9.17, 15) is 13.2 Å². The molecule has 0 radical (unpaired) electrons. The van der Waals surface area contributed by atoms with E-state index in [1.54, 1.807) is 0 Å². The molecule has 1 atom stereocenters. The topological polar surface area (TPSA) is 32.3 Å². The number of aliphatic hydroxyl groups is 1. The minimum Gasteiger partial charge on any atom is -0.396 e. The fraction of sp³-hybridized carbons (Fsp3) is 1.00. The molecule has 0 bridgehead atoms. The summed E-state index contributed by atoms with van der Waals surface area (Å²) in [5.74, 6) is 0. The maximum absolute atomic E-state index is 11.7. The fourth-order valence-corrected chi connectivity index (χ4v) is 0.933. The lowest BCUT2D eigenvalue weighted by atomic mass is 10.2. The second-order valence-corrected chi connectivity index (χ2v) is 3.09. The van der Waals surface area contributed by atoms with E-state index in [0.29, 0.717) is 13.0 Å². The van der Waals surface area contributed by atoms with Crippen molar-refractivity contribution >= 4 is 0 Å². The summed E-state index contributed by atoms with van der Waals surface area (Å²) < 4.78 is 35.0. The Morgan fingerprint density at radius 1 is 1.38 bits per heavy atom. The van der Waals surface area contributed by atoms with Crippen molar-refractivity contribution in [3.05, 3.63) is 0 Å².